The third-order valence-corrected chi connectivity index (χ3v) is 6.52. The van der Waals surface area contributed by atoms with Crippen LogP contribution in [0.4, 0.5) is 24.5 Å². The van der Waals surface area contributed by atoms with Gasteiger partial charge in [-0.2, -0.15) is 13.2 Å². The van der Waals surface area contributed by atoms with Crippen molar-refractivity contribution in [2.75, 3.05) is 24.7 Å². The first-order valence-corrected chi connectivity index (χ1v) is 12.3. The Labute approximate surface area is 213 Å². The van der Waals surface area contributed by atoms with Gasteiger partial charge >= 0.3 is 6.18 Å². The van der Waals surface area contributed by atoms with E-state index in [2.05, 4.69) is 20.3 Å². The van der Waals surface area contributed by atoms with Crippen LogP contribution in [-0.4, -0.2) is 41.6 Å². The van der Waals surface area contributed by atoms with Crippen LogP contribution in [0, 0.1) is 0 Å². The maximum Gasteiger partial charge on any atom is 0.416 e. The lowest BCUT2D eigenvalue weighted by atomic mass is 10.1. The first-order chi connectivity index (χ1) is 17.8. The highest BCUT2D eigenvalue weighted by Gasteiger charge is 2.30. The molecule has 0 saturated carbocycles. The van der Waals surface area contributed by atoms with Gasteiger partial charge in [-0.3, -0.25) is 0 Å². The topological polar surface area (TPSA) is 71.9 Å². The molecular weight excluding hydrogens is 483 g/mol. The quantitative estimate of drug-likeness (QED) is 0.340. The van der Waals surface area contributed by atoms with Crippen molar-refractivity contribution in [3.05, 3.63) is 71.7 Å². The molecule has 0 atom stereocenters. The Bertz CT molecular complexity index is 1270. The lowest BCUT2D eigenvalue weighted by Gasteiger charge is -2.23. The largest absolute Gasteiger partial charge is 0.439 e. The molecule has 10 heteroatoms. The standard InChI is InChI=1S/C27H28F3N5O2/c1-18(34-22-4-2-3-20(14-22)27(28,29)30)35-10-7-19-13-24(5-6-25(19)35)37-26-15-23(32-17-33-26)16-31-21-8-11-36-12-9-21/h2-6,13-15,17,21,31H,7-12,16H2,1H3. The average Bonchev–Trinajstić information content (AvgIpc) is 3.31. The number of aliphatic imine (C=N–C) groups is 1. The van der Waals surface area contributed by atoms with Gasteiger partial charge in [-0.15, -0.1) is 0 Å². The molecule has 3 heterocycles. The summed E-state index contributed by atoms with van der Waals surface area (Å²) in [6.45, 7) is 4.68. The van der Waals surface area contributed by atoms with Crippen LogP contribution in [0.2, 0.25) is 0 Å². The lowest BCUT2D eigenvalue weighted by Crippen LogP contribution is -2.34. The molecule has 0 unspecified atom stereocenters. The number of rotatable bonds is 6. The second-order valence-electron chi connectivity index (χ2n) is 9.12. The summed E-state index contributed by atoms with van der Waals surface area (Å²) in [4.78, 5) is 15.0. The third-order valence-electron chi connectivity index (χ3n) is 6.52. The second-order valence-corrected chi connectivity index (χ2v) is 9.12. The molecule has 5 rings (SSSR count). The SMILES string of the molecule is CC(=Nc1cccc(C(F)(F)F)c1)N1CCc2cc(Oc3cc(CNC4CCOCC4)ncn3)ccc21. The molecule has 0 radical (unpaired) electrons. The Balaban J connectivity index is 1.25. The van der Waals surface area contributed by atoms with Crippen molar-refractivity contribution in [3.8, 4) is 11.6 Å². The van der Waals surface area contributed by atoms with Crippen molar-refractivity contribution >= 4 is 17.2 Å². The molecular formula is C27H28F3N5O2. The van der Waals surface area contributed by atoms with Gasteiger partial charge in [-0.25, -0.2) is 15.0 Å². The zero-order valence-electron chi connectivity index (χ0n) is 20.5. The van der Waals surface area contributed by atoms with Crippen LogP contribution >= 0.6 is 0 Å². The van der Waals surface area contributed by atoms with Crippen LogP contribution in [0.3, 0.4) is 0 Å². The Morgan fingerprint density at radius 1 is 1.14 bits per heavy atom. The van der Waals surface area contributed by atoms with Gasteiger partial charge in [-0.1, -0.05) is 6.07 Å². The van der Waals surface area contributed by atoms with E-state index in [1.807, 2.05) is 29.2 Å². The Morgan fingerprint density at radius 3 is 2.78 bits per heavy atom. The van der Waals surface area contributed by atoms with Gasteiger partial charge in [0, 0.05) is 44.1 Å². The van der Waals surface area contributed by atoms with E-state index in [0.717, 1.165) is 61.6 Å². The van der Waals surface area contributed by atoms with Gasteiger partial charge in [0.1, 0.15) is 17.9 Å². The molecule has 3 aromatic rings. The molecule has 1 saturated heterocycles. The minimum Gasteiger partial charge on any atom is -0.439 e. The Morgan fingerprint density at radius 2 is 1.97 bits per heavy atom. The monoisotopic (exact) mass is 511 g/mol. The summed E-state index contributed by atoms with van der Waals surface area (Å²) in [5.41, 5.74) is 2.45. The van der Waals surface area contributed by atoms with Crippen molar-refractivity contribution in [1.82, 2.24) is 15.3 Å². The van der Waals surface area contributed by atoms with E-state index < -0.39 is 11.7 Å². The Hall–Kier alpha value is -3.50. The fraction of sp³-hybridized carbons (Fsp3) is 0.370. The van der Waals surface area contributed by atoms with Crippen LogP contribution in [0.25, 0.3) is 0 Å². The zero-order valence-corrected chi connectivity index (χ0v) is 20.5. The van der Waals surface area contributed by atoms with Gasteiger partial charge in [0.25, 0.3) is 0 Å². The van der Waals surface area contributed by atoms with Crippen LogP contribution in [0.5, 0.6) is 11.6 Å². The summed E-state index contributed by atoms with van der Waals surface area (Å²) in [6, 6.07) is 13.1. The minimum absolute atomic E-state index is 0.270. The zero-order chi connectivity index (χ0) is 25.8. The van der Waals surface area contributed by atoms with Crippen molar-refractivity contribution in [1.29, 1.82) is 0 Å². The summed E-state index contributed by atoms with van der Waals surface area (Å²) in [5, 5.41) is 3.51. The lowest BCUT2D eigenvalue weighted by molar-refractivity contribution is -0.137. The number of benzene rings is 2. The van der Waals surface area contributed by atoms with E-state index in [9.17, 15) is 13.2 Å². The molecule has 7 nitrogen and oxygen atoms in total. The van der Waals surface area contributed by atoms with Gasteiger partial charge in [0.2, 0.25) is 5.88 Å². The first kappa shape index (κ1) is 25.2. The highest BCUT2D eigenvalue weighted by Crippen LogP contribution is 2.35. The number of hydrogen-bond acceptors (Lipinski definition) is 6. The summed E-state index contributed by atoms with van der Waals surface area (Å²) < 4.78 is 50.6. The molecule has 2 aliphatic heterocycles. The van der Waals surface area contributed by atoms with Crippen LogP contribution in [0.15, 0.2) is 59.9 Å². The first-order valence-electron chi connectivity index (χ1n) is 12.3. The third kappa shape index (κ3) is 6.26. The second kappa shape index (κ2) is 10.9. The van der Waals surface area contributed by atoms with Crippen molar-refractivity contribution in [3.63, 3.8) is 0 Å². The number of anilines is 1. The number of halogens is 3. The fourth-order valence-electron chi connectivity index (χ4n) is 4.58. The van der Waals surface area contributed by atoms with Crippen LogP contribution in [0.1, 0.15) is 36.6 Å². The number of alkyl halides is 3. The summed E-state index contributed by atoms with van der Waals surface area (Å²) >= 11 is 0. The molecule has 1 fully saturated rings. The molecule has 1 N–H and O–H groups in total. The van der Waals surface area contributed by atoms with E-state index in [1.165, 1.54) is 12.4 Å². The van der Waals surface area contributed by atoms with Crippen LogP contribution < -0.4 is 15.0 Å². The molecule has 2 aliphatic rings. The number of aromatic nitrogens is 2. The molecule has 0 aliphatic carbocycles. The molecule has 37 heavy (non-hydrogen) atoms. The number of nitrogens with zero attached hydrogens (tertiary/aromatic N) is 4. The number of nitrogens with one attached hydrogen (secondary N) is 1. The van der Waals surface area contributed by atoms with E-state index in [1.54, 1.807) is 13.0 Å². The molecule has 0 amide bonds. The smallest absolute Gasteiger partial charge is 0.416 e. The number of hydrogen-bond donors (Lipinski definition) is 1. The minimum atomic E-state index is -4.40. The van der Waals surface area contributed by atoms with Gasteiger partial charge in [-0.05, 0) is 68.1 Å². The van der Waals surface area contributed by atoms with Gasteiger partial charge < -0.3 is 19.7 Å². The summed E-state index contributed by atoms with van der Waals surface area (Å²) in [7, 11) is 0. The molecule has 0 bridgehead atoms. The van der Waals surface area contributed by atoms with Crippen molar-refractivity contribution < 1.29 is 22.6 Å². The van der Waals surface area contributed by atoms with Crippen LogP contribution in [-0.2, 0) is 23.9 Å². The highest BCUT2D eigenvalue weighted by atomic mass is 19.4. The average molecular weight is 512 g/mol. The van der Waals surface area contributed by atoms with Crippen molar-refractivity contribution in [2.45, 2.75) is 44.9 Å². The fourth-order valence-corrected chi connectivity index (χ4v) is 4.58. The predicted molar refractivity (Wildman–Crippen MR) is 134 cm³/mol. The van der Waals surface area contributed by atoms with E-state index in [-0.39, 0.29) is 5.69 Å². The summed E-state index contributed by atoms with van der Waals surface area (Å²) in [5.74, 6) is 1.76. The van der Waals surface area contributed by atoms with E-state index >= 15 is 0 Å². The maximum atomic E-state index is 13.0. The molecule has 1 aromatic heterocycles. The maximum absolute atomic E-state index is 13.0. The summed E-state index contributed by atoms with van der Waals surface area (Å²) in [6.07, 6.45) is -0.150. The van der Waals surface area contributed by atoms with Crippen molar-refractivity contribution in [2.24, 2.45) is 4.99 Å². The number of fused-ring (bicyclic) bond motifs is 1. The number of ether oxygens (including phenoxy) is 2. The van der Waals surface area contributed by atoms with Gasteiger partial charge in [0.15, 0.2) is 0 Å². The molecule has 0 spiro atoms. The molecule has 194 valence electrons. The Kier molecular flexibility index (Phi) is 7.38. The predicted octanol–water partition coefficient (Wildman–Crippen LogP) is 5.67. The van der Waals surface area contributed by atoms with E-state index in [0.29, 0.717) is 36.6 Å². The van der Waals surface area contributed by atoms with E-state index in [4.69, 9.17) is 9.47 Å². The number of amidine groups is 1. The highest BCUT2D eigenvalue weighted by molar-refractivity contribution is 5.99. The normalized spacial score (nSPS) is 16.6. The molecule has 2 aromatic carbocycles. The van der Waals surface area contributed by atoms with Gasteiger partial charge in [0.05, 0.1) is 16.9 Å².